The summed E-state index contributed by atoms with van der Waals surface area (Å²) in [6, 6.07) is 19.8. The van der Waals surface area contributed by atoms with Crippen LogP contribution in [0, 0.1) is 51.8 Å². The largest absolute Gasteiger partial charge is 0.437 e. The topological polar surface area (TPSA) is 177 Å². The molecule has 0 aromatic heterocycles. The predicted molar refractivity (Wildman–Crippen MR) is 510 cm³/mol. The quantitative estimate of drug-likeness (QED) is 0.0251. The first-order valence-electron chi connectivity index (χ1n) is 44.9. The fourth-order valence-electron chi connectivity index (χ4n) is 19.2. The van der Waals surface area contributed by atoms with Crippen LogP contribution in [0.1, 0.15) is 219 Å². The van der Waals surface area contributed by atoms with E-state index in [0.29, 0.717) is 0 Å². The van der Waals surface area contributed by atoms with Crippen molar-refractivity contribution in [1.82, 2.24) is 0 Å². The fourth-order valence-corrected chi connectivity index (χ4v) is 74.9. The lowest BCUT2D eigenvalue weighted by molar-refractivity contribution is 0.0353. The van der Waals surface area contributed by atoms with E-state index < -0.39 is 99.8 Å². The van der Waals surface area contributed by atoms with E-state index >= 15 is 0 Å². The van der Waals surface area contributed by atoms with Gasteiger partial charge in [-0.25, -0.2) is 0 Å². The van der Waals surface area contributed by atoms with Gasteiger partial charge in [0.25, 0.3) is 0 Å². The minimum Gasteiger partial charge on any atom is -0.437 e. The van der Waals surface area contributed by atoms with Crippen molar-refractivity contribution >= 4 is 99.8 Å². The standard InChI is InChI=1S/C33H72O2Si2.C29H72O6Si6.C22H54O4Si4/c1-27(2)19-36(20-28(3)4,21-29(5)6)17-13-15-33(25-34,26-35)16-14-18-37(22-30(7)8,23-31(9)10)24-32(11)12;1-36(2,3)32-40(13,33-37(4,5)6)25-21-17-15-19-23-29(27-30,28-31)24-20-16-18-22-26-41(14,34-38(7,8)9)35-39(10,11)12;1-11-30(12-2,13-3)19-15-17-22(20-23,21-24)16-14-18-29(10,25-27(4,5)6)26-28(7,8)9/h27-32,34-35H,13-26H2,1-12H3;30-31H,15-28H2,1-14H3;23-24H,11-21H2,1-10H3. The van der Waals surface area contributed by atoms with Crippen molar-refractivity contribution in [2.75, 3.05) is 39.6 Å². The summed E-state index contributed by atoms with van der Waals surface area (Å²) in [5.74, 6) is 4.61. The molecule has 0 fully saturated rings. The monoisotopic (exact) mass is 1740 g/mol. The number of hydrogen-bond donors (Lipinski definition) is 6. The first-order valence-corrected chi connectivity index (χ1v) is 81.4. The Hall–Kier alpha value is 2.12. The SMILES string of the molecule is CC(C)C[Si](CCCC(CO)(CO)CCC[Si](CC(C)C)(CC(C)C)CC(C)C)(CC(C)C)CC(C)C.CC[Si](CC)(CC)CCCC(CO)(CO)CCC[Si](C)(O[Si](C)(C)C)O[Si](C)(C)C.C[Si](C)(C)O[Si](C)(CCCCCCC(CO)(CO)CCCCCC[Si](C)(O[Si](C)(C)C)O[Si](C)(C)C)O[Si](C)(C)C. The number of rotatable bonds is 63. The van der Waals surface area contributed by atoms with Gasteiger partial charge in [-0.1, -0.05) is 253 Å². The molecule has 0 bridgehead atoms. The second-order valence-corrected chi connectivity index (χ2v) is 98.1. The molecule has 0 aliphatic carbocycles. The molecule has 108 heavy (non-hydrogen) atoms. The fraction of sp³-hybridized carbons (Fsp3) is 1.00. The lowest BCUT2D eigenvalue weighted by atomic mass is 9.79. The Labute approximate surface area is 689 Å². The van der Waals surface area contributed by atoms with Gasteiger partial charge in [-0.05, 0) is 230 Å². The summed E-state index contributed by atoms with van der Waals surface area (Å²) in [6.07, 6.45) is 19.0. The van der Waals surface area contributed by atoms with Gasteiger partial charge < -0.3 is 55.3 Å². The highest BCUT2D eigenvalue weighted by molar-refractivity contribution is 6.89. The average Bonchev–Trinajstić information content (AvgIpc) is 0.876. The normalized spacial score (nSPS) is 14.3. The molecule has 0 aliphatic heterocycles. The third-order valence-electron chi connectivity index (χ3n) is 22.2. The van der Waals surface area contributed by atoms with E-state index in [1.54, 1.807) is 0 Å². The maximum absolute atomic E-state index is 10.6. The van der Waals surface area contributed by atoms with Gasteiger partial charge in [-0.2, -0.15) is 0 Å². The van der Waals surface area contributed by atoms with Gasteiger partial charge in [0.2, 0.25) is 0 Å². The first kappa shape index (κ1) is 114. The Morgan fingerprint density at radius 3 is 0.537 bits per heavy atom. The van der Waals surface area contributed by atoms with Crippen LogP contribution < -0.4 is 0 Å². The number of aliphatic hydroxyl groups excluding tert-OH is 6. The Morgan fingerprint density at radius 1 is 0.213 bits per heavy atom. The highest BCUT2D eigenvalue weighted by Gasteiger charge is 2.45. The third kappa shape index (κ3) is 55.8. The lowest BCUT2D eigenvalue weighted by Crippen LogP contribution is -2.52. The van der Waals surface area contributed by atoms with E-state index in [2.05, 4.69) is 241 Å². The molecule has 24 heteroatoms. The molecule has 0 aromatic carbocycles. The highest BCUT2D eigenvalue weighted by atomic mass is 28.5. The van der Waals surface area contributed by atoms with Crippen LogP contribution in [-0.4, -0.2) is 170 Å². The molecular formula is C84H198O12Si12. The molecule has 0 spiro atoms. The van der Waals surface area contributed by atoms with Gasteiger partial charge in [0, 0.05) is 16.2 Å². The molecule has 0 heterocycles. The van der Waals surface area contributed by atoms with Gasteiger partial charge in [0.05, 0.1) is 63.9 Å². The van der Waals surface area contributed by atoms with Crippen molar-refractivity contribution in [1.29, 1.82) is 0 Å². The molecule has 0 unspecified atom stereocenters. The van der Waals surface area contributed by atoms with Crippen molar-refractivity contribution in [2.45, 2.75) is 448 Å². The van der Waals surface area contributed by atoms with Gasteiger partial charge in [0.1, 0.15) is 0 Å². The van der Waals surface area contributed by atoms with E-state index in [-0.39, 0.29) is 55.9 Å². The zero-order valence-electron chi connectivity index (χ0n) is 79.7. The molecule has 0 aliphatic rings. The summed E-state index contributed by atoms with van der Waals surface area (Å²) in [7, 11) is -20.5. The van der Waals surface area contributed by atoms with Crippen LogP contribution in [0.15, 0.2) is 0 Å². The molecule has 0 aromatic rings. The van der Waals surface area contributed by atoms with Gasteiger partial charge >= 0.3 is 25.7 Å². The van der Waals surface area contributed by atoms with Crippen LogP contribution in [0.25, 0.3) is 0 Å². The molecule has 654 valence electrons. The molecule has 6 N–H and O–H groups in total. The maximum atomic E-state index is 10.6. The van der Waals surface area contributed by atoms with Crippen molar-refractivity contribution < 1.29 is 55.3 Å². The Morgan fingerprint density at radius 2 is 0.370 bits per heavy atom. The average molecular weight is 1740 g/mol. The third-order valence-corrected chi connectivity index (χ3v) is 69.9. The highest BCUT2D eigenvalue weighted by Crippen LogP contribution is 2.44. The molecule has 0 amide bonds. The van der Waals surface area contributed by atoms with E-state index in [9.17, 15) is 30.6 Å². The summed E-state index contributed by atoms with van der Waals surface area (Å²) in [5.41, 5.74) is -0.999. The minimum atomic E-state index is -2.26. The van der Waals surface area contributed by atoms with Crippen molar-refractivity contribution in [2.24, 2.45) is 51.8 Å². The second-order valence-electron chi connectivity index (χ2n) is 44.5. The number of unbranched alkanes of at least 4 members (excludes halogenated alkanes) is 6. The predicted octanol–water partition coefficient (Wildman–Crippen LogP) is 26.6. The smallest absolute Gasteiger partial charge is 0.314 e. The van der Waals surface area contributed by atoms with Crippen LogP contribution in [0.5, 0.6) is 0 Å². The number of hydrogen-bond acceptors (Lipinski definition) is 12. The first-order chi connectivity index (χ1) is 49.0. The summed E-state index contributed by atoms with van der Waals surface area (Å²) >= 11 is 0. The van der Waals surface area contributed by atoms with Crippen LogP contribution >= 0.6 is 0 Å². The Balaban J connectivity index is -0.00000155. The van der Waals surface area contributed by atoms with E-state index in [0.717, 1.165) is 156 Å². The van der Waals surface area contributed by atoms with Gasteiger partial charge in [0.15, 0.2) is 49.9 Å². The summed E-state index contributed by atoms with van der Waals surface area (Å²) in [4.78, 5) is 0. The van der Waals surface area contributed by atoms with Crippen molar-refractivity contribution in [3.8, 4) is 0 Å². The summed E-state index contributed by atoms with van der Waals surface area (Å²) in [5, 5.41) is 62.0. The molecule has 0 atom stereocenters. The van der Waals surface area contributed by atoms with Crippen LogP contribution in [-0.2, 0) is 24.7 Å². The Bertz CT molecular complexity index is 2010. The maximum Gasteiger partial charge on any atom is 0.314 e. The molecule has 0 radical (unpaired) electrons. The number of aliphatic hydroxyl groups is 6. The molecular weight excluding hydrogens is 1540 g/mol. The summed E-state index contributed by atoms with van der Waals surface area (Å²) < 4.78 is 39.8. The zero-order chi connectivity index (χ0) is 84.8. The van der Waals surface area contributed by atoms with Gasteiger partial charge in [-0.3, -0.25) is 0 Å². The summed E-state index contributed by atoms with van der Waals surface area (Å²) in [6.45, 7) is 84.0. The van der Waals surface area contributed by atoms with Crippen molar-refractivity contribution in [3.05, 3.63) is 0 Å². The molecule has 0 rings (SSSR count). The molecule has 0 saturated heterocycles. The van der Waals surface area contributed by atoms with E-state index in [1.807, 2.05) is 0 Å². The van der Waals surface area contributed by atoms with Crippen LogP contribution in [0.2, 0.25) is 228 Å². The van der Waals surface area contributed by atoms with Crippen LogP contribution in [0.4, 0.5) is 0 Å². The molecule has 12 nitrogen and oxygen atoms in total. The lowest BCUT2D eigenvalue weighted by Gasteiger charge is -2.39. The second kappa shape index (κ2) is 53.0. The van der Waals surface area contributed by atoms with Crippen molar-refractivity contribution in [3.63, 3.8) is 0 Å². The van der Waals surface area contributed by atoms with Gasteiger partial charge in [-0.15, -0.1) is 0 Å². The van der Waals surface area contributed by atoms with E-state index in [1.165, 1.54) is 85.4 Å². The van der Waals surface area contributed by atoms with E-state index in [4.69, 9.17) is 24.7 Å². The molecule has 0 saturated carbocycles. The Kier molecular flexibility index (Phi) is 56.1. The zero-order valence-corrected chi connectivity index (χ0v) is 91.7. The minimum absolute atomic E-state index is 0.0711. The van der Waals surface area contributed by atoms with Crippen LogP contribution in [0.3, 0.4) is 0 Å².